The number of benzene rings is 3. The Balaban J connectivity index is 1.41. The number of para-hydroxylation sites is 1. The number of halogens is 1. The van der Waals surface area contributed by atoms with Gasteiger partial charge in [-0.3, -0.25) is 14.4 Å². The first-order chi connectivity index (χ1) is 20.3. The number of fused-ring (bicyclic) bond motifs is 1. The fourth-order valence-electron chi connectivity index (χ4n) is 7.38. The minimum absolute atomic E-state index is 0.270. The molecule has 42 heavy (non-hydrogen) atoms. The van der Waals surface area contributed by atoms with Crippen LogP contribution >= 0.6 is 11.6 Å². The Bertz CT molecular complexity index is 1490. The van der Waals surface area contributed by atoms with E-state index in [0.29, 0.717) is 42.1 Å². The van der Waals surface area contributed by atoms with Crippen LogP contribution in [0.1, 0.15) is 43.4 Å². The summed E-state index contributed by atoms with van der Waals surface area (Å²) in [5.74, 6) is -2.78. The number of nitrogens with one attached hydrogen (secondary N) is 2. The highest BCUT2D eigenvalue weighted by Crippen LogP contribution is 2.65. The molecule has 2 unspecified atom stereocenters. The molecule has 218 valence electrons. The summed E-state index contributed by atoms with van der Waals surface area (Å²) < 4.78 is 6.84. The number of aliphatic hydroxyl groups excluding tert-OH is 1. The molecule has 6 rings (SSSR count). The van der Waals surface area contributed by atoms with Crippen LogP contribution in [0.3, 0.4) is 0 Å². The van der Waals surface area contributed by atoms with Gasteiger partial charge >= 0.3 is 0 Å². The molecule has 3 aliphatic rings. The standard InChI is InChI=1S/C33H34ClN3O5/c1-2-32-17-18-33(42-32)27(26(32)29(39)35-19-21-11-5-3-6-12-21)31(41)37(25(20-38)22-13-7-4-8-14-22)28(33)30(40)36-24-16-10-9-15-23(24)34/h3-16,25-28,38H,2,17-20H2,1H3,(H,35,39)(H,36,40)/t25-,26+,27+,28?,32-,33?/m1/s1. The molecule has 0 aromatic heterocycles. The van der Waals surface area contributed by atoms with Crippen LogP contribution < -0.4 is 10.6 Å². The highest BCUT2D eigenvalue weighted by atomic mass is 35.5. The average Bonchev–Trinajstić information content (AvgIpc) is 3.62. The maximum absolute atomic E-state index is 14.6. The molecule has 1 spiro atoms. The Morgan fingerprint density at radius 3 is 2.33 bits per heavy atom. The number of carbonyl (C=O) groups excluding carboxylic acids is 3. The number of hydrogen-bond donors (Lipinski definition) is 3. The molecule has 0 aliphatic carbocycles. The zero-order chi connectivity index (χ0) is 29.5. The van der Waals surface area contributed by atoms with E-state index in [2.05, 4.69) is 10.6 Å². The van der Waals surface area contributed by atoms with E-state index in [-0.39, 0.29) is 11.8 Å². The van der Waals surface area contributed by atoms with Crippen molar-refractivity contribution in [2.75, 3.05) is 11.9 Å². The molecule has 2 bridgehead atoms. The average molecular weight is 588 g/mol. The largest absolute Gasteiger partial charge is 0.394 e. The van der Waals surface area contributed by atoms with Gasteiger partial charge in [0.2, 0.25) is 17.7 Å². The molecule has 8 nitrogen and oxygen atoms in total. The lowest BCUT2D eigenvalue weighted by Gasteiger charge is -2.37. The van der Waals surface area contributed by atoms with Crippen molar-refractivity contribution in [3.05, 3.63) is 101 Å². The summed E-state index contributed by atoms with van der Waals surface area (Å²) in [7, 11) is 0. The molecule has 3 fully saturated rings. The van der Waals surface area contributed by atoms with Crippen LogP contribution in [0.2, 0.25) is 5.02 Å². The molecule has 6 atom stereocenters. The monoisotopic (exact) mass is 587 g/mol. The predicted octanol–water partition coefficient (Wildman–Crippen LogP) is 4.48. The normalized spacial score (nSPS) is 28.4. The van der Waals surface area contributed by atoms with Crippen LogP contribution in [0, 0.1) is 11.8 Å². The number of hydrogen-bond acceptors (Lipinski definition) is 5. The minimum atomic E-state index is -1.24. The second-order valence-corrected chi connectivity index (χ2v) is 11.8. The number of amides is 3. The summed E-state index contributed by atoms with van der Waals surface area (Å²) in [4.78, 5) is 44.2. The second-order valence-electron chi connectivity index (χ2n) is 11.4. The fraction of sp³-hybridized carbons (Fsp3) is 0.364. The van der Waals surface area contributed by atoms with Crippen molar-refractivity contribution in [1.29, 1.82) is 0 Å². The van der Waals surface area contributed by atoms with E-state index in [1.54, 1.807) is 24.3 Å². The zero-order valence-electron chi connectivity index (χ0n) is 23.3. The molecule has 3 aromatic rings. The third kappa shape index (κ3) is 4.49. The van der Waals surface area contributed by atoms with E-state index < -0.39 is 47.6 Å². The van der Waals surface area contributed by atoms with Gasteiger partial charge in [0.1, 0.15) is 11.6 Å². The Morgan fingerprint density at radius 2 is 1.67 bits per heavy atom. The van der Waals surface area contributed by atoms with E-state index in [0.717, 1.165) is 5.56 Å². The van der Waals surface area contributed by atoms with Gasteiger partial charge in [0.05, 0.1) is 40.8 Å². The van der Waals surface area contributed by atoms with Gasteiger partial charge in [0.25, 0.3) is 0 Å². The fourth-order valence-corrected chi connectivity index (χ4v) is 7.56. The molecule has 9 heteroatoms. The molecule has 0 saturated carbocycles. The summed E-state index contributed by atoms with van der Waals surface area (Å²) in [6, 6.07) is 23.7. The Hall–Kier alpha value is -3.72. The summed E-state index contributed by atoms with van der Waals surface area (Å²) in [5, 5.41) is 17.0. The van der Waals surface area contributed by atoms with Gasteiger partial charge in [-0.1, -0.05) is 91.3 Å². The van der Waals surface area contributed by atoms with Crippen molar-refractivity contribution in [3.63, 3.8) is 0 Å². The number of rotatable bonds is 9. The lowest BCUT2D eigenvalue weighted by Crippen LogP contribution is -2.54. The Morgan fingerprint density at radius 1 is 1.00 bits per heavy atom. The number of likely N-dealkylation sites (tertiary alicyclic amines) is 1. The van der Waals surface area contributed by atoms with Crippen LogP contribution in [0.5, 0.6) is 0 Å². The lowest BCUT2D eigenvalue weighted by atomic mass is 9.65. The van der Waals surface area contributed by atoms with Crippen LogP contribution in [0.4, 0.5) is 5.69 Å². The maximum atomic E-state index is 14.6. The van der Waals surface area contributed by atoms with Crippen LogP contribution in [-0.2, 0) is 25.7 Å². The van der Waals surface area contributed by atoms with E-state index in [1.807, 2.05) is 67.6 Å². The van der Waals surface area contributed by atoms with Crippen molar-refractivity contribution in [2.24, 2.45) is 11.8 Å². The van der Waals surface area contributed by atoms with E-state index >= 15 is 0 Å². The summed E-state index contributed by atoms with van der Waals surface area (Å²) >= 11 is 6.39. The molecular formula is C33H34ClN3O5. The van der Waals surface area contributed by atoms with Gasteiger partial charge in [-0.2, -0.15) is 0 Å². The summed E-state index contributed by atoms with van der Waals surface area (Å²) in [6.45, 7) is 1.87. The first kappa shape index (κ1) is 28.4. The topological polar surface area (TPSA) is 108 Å². The first-order valence-corrected chi connectivity index (χ1v) is 14.8. The second kappa shape index (κ2) is 11.2. The highest BCUT2D eigenvalue weighted by Gasteiger charge is 2.79. The number of aliphatic hydroxyl groups is 1. The maximum Gasteiger partial charge on any atom is 0.250 e. The van der Waals surface area contributed by atoms with E-state index in [4.69, 9.17) is 16.3 Å². The van der Waals surface area contributed by atoms with Crippen LogP contribution in [-0.4, -0.2) is 51.6 Å². The SMILES string of the molecule is CC[C@]12CCC3(O1)C(C(=O)Nc1ccccc1Cl)N([C@H](CO)c1ccccc1)C(=O)[C@@H]3[C@H]2C(=O)NCc1ccccc1. The quantitative estimate of drug-likeness (QED) is 0.342. The van der Waals surface area contributed by atoms with Gasteiger partial charge in [0.15, 0.2) is 0 Å². The summed E-state index contributed by atoms with van der Waals surface area (Å²) in [6.07, 6.45) is 1.49. The van der Waals surface area contributed by atoms with Crippen molar-refractivity contribution >= 4 is 35.0 Å². The molecule has 3 saturated heterocycles. The van der Waals surface area contributed by atoms with E-state index in [9.17, 15) is 19.5 Å². The van der Waals surface area contributed by atoms with Gasteiger partial charge < -0.3 is 25.4 Å². The lowest BCUT2D eigenvalue weighted by molar-refractivity contribution is -0.149. The molecule has 3 amide bonds. The van der Waals surface area contributed by atoms with Crippen molar-refractivity contribution in [3.8, 4) is 0 Å². The smallest absolute Gasteiger partial charge is 0.250 e. The highest BCUT2D eigenvalue weighted by molar-refractivity contribution is 6.33. The van der Waals surface area contributed by atoms with Gasteiger partial charge in [-0.15, -0.1) is 0 Å². The number of ether oxygens (including phenoxy) is 1. The molecule has 3 aliphatic heterocycles. The third-order valence-corrected chi connectivity index (χ3v) is 9.61. The minimum Gasteiger partial charge on any atom is -0.394 e. The number of nitrogens with zero attached hydrogens (tertiary/aromatic N) is 1. The van der Waals surface area contributed by atoms with E-state index in [1.165, 1.54) is 4.90 Å². The van der Waals surface area contributed by atoms with Gasteiger partial charge in [-0.05, 0) is 42.5 Å². The summed E-state index contributed by atoms with van der Waals surface area (Å²) in [5.41, 5.74) is -0.0832. The number of carbonyl (C=O) groups is 3. The molecule has 3 heterocycles. The van der Waals surface area contributed by atoms with Gasteiger partial charge in [-0.25, -0.2) is 0 Å². The van der Waals surface area contributed by atoms with Crippen molar-refractivity contribution < 1.29 is 24.2 Å². The molecule has 0 radical (unpaired) electrons. The molecular weight excluding hydrogens is 554 g/mol. The van der Waals surface area contributed by atoms with Crippen molar-refractivity contribution in [2.45, 2.75) is 56.0 Å². The van der Waals surface area contributed by atoms with Gasteiger partial charge in [0, 0.05) is 6.54 Å². The number of anilines is 1. The third-order valence-electron chi connectivity index (χ3n) is 9.28. The first-order valence-electron chi connectivity index (χ1n) is 14.4. The van der Waals surface area contributed by atoms with Crippen LogP contribution in [0.15, 0.2) is 84.9 Å². The van der Waals surface area contributed by atoms with Crippen molar-refractivity contribution in [1.82, 2.24) is 10.2 Å². The molecule has 3 aromatic carbocycles. The molecule has 3 N–H and O–H groups in total. The predicted molar refractivity (Wildman–Crippen MR) is 158 cm³/mol. The van der Waals surface area contributed by atoms with Crippen LogP contribution in [0.25, 0.3) is 0 Å². The Labute approximate surface area is 250 Å². The zero-order valence-corrected chi connectivity index (χ0v) is 24.1. The Kier molecular flexibility index (Phi) is 7.55.